The molecule has 2 heterocycles. The Labute approximate surface area is 127 Å². The first kappa shape index (κ1) is 13.9. The van der Waals surface area contributed by atoms with Gasteiger partial charge >= 0.3 is 0 Å². The third-order valence-electron chi connectivity index (χ3n) is 3.45. The van der Waals surface area contributed by atoms with Gasteiger partial charge in [0.15, 0.2) is 0 Å². The fourth-order valence-electron chi connectivity index (χ4n) is 2.40. The Morgan fingerprint density at radius 2 is 2.10 bits per heavy atom. The number of phenolic OH excluding ortho intramolecular Hbond substituents is 1. The van der Waals surface area contributed by atoms with Gasteiger partial charge in [0.2, 0.25) is 5.91 Å². The highest BCUT2D eigenvalue weighted by Crippen LogP contribution is 2.38. The number of hydrogen-bond donors (Lipinski definition) is 1. The zero-order valence-electron chi connectivity index (χ0n) is 11.5. The molecular weight excluding hydrogens is 284 g/mol. The third kappa shape index (κ3) is 3.19. The second kappa shape index (κ2) is 6.18. The molecule has 1 aromatic carbocycles. The van der Waals surface area contributed by atoms with Crippen LogP contribution in [0.5, 0.6) is 5.75 Å². The average Bonchev–Trinajstić information content (AvgIpc) is 2.51. The second-order valence-electron chi connectivity index (χ2n) is 4.95. The summed E-state index contributed by atoms with van der Waals surface area (Å²) in [6.45, 7) is 0.561. The van der Waals surface area contributed by atoms with E-state index in [9.17, 15) is 9.90 Å². The summed E-state index contributed by atoms with van der Waals surface area (Å²) in [7, 11) is 0. The number of carbonyl (C=O) groups excluding carboxylic acids is 1. The van der Waals surface area contributed by atoms with Gasteiger partial charge in [-0.05, 0) is 29.3 Å². The molecule has 1 aromatic heterocycles. The van der Waals surface area contributed by atoms with Gasteiger partial charge in [0, 0.05) is 31.1 Å². The normalized spacial score (nSPS) is 18.8. The van der Waals surface area contributed by atoms with Crippen LogP contribution >= 0.6 is 11.8 Å². The molecule has 5 heteroatoms. The summed E-state index contributed by atoms with van der Waals surface area (Å²) in [5.74, 6) is 1.23. The molecule has 21 heavy (non-hydrogen) atoms. The first-order valence-electron chi connectivity index (χ1n) is 6.83. The summed E-state index contributed by atoms with van der Waals surface area (Å²) in [5, 5.41) is 9.41. The molecule has 1 aliphatic heterocycles. The predicted molar refractivity (Wildman–Crippen MR) is 82.7 cm³/mol. The molecular formula is C16H16N2O2S. The minimum absolute atomic E-state index is 0.00736. The van der Waals surface area contributed by atoms with Crippen molar-refractivity contribution in [2.75, 3.05) is 5.75 Å². The predicted octanol–water partition coefficient (Wildman–Crippen LogP) is 2.95. The molecule has 1 atom stereocenters. The molecule has 1 amide bonds. The third-order valence-corrected chi connectivity index (χ3v) is 4.73. The average molecular weight is 300 g/mol. The molecule has 0 saturated carbocycles. The van der Waals surface area contributed by atoms with Crippen LogP contribution < -0.4 is 0 Å². The molecule has 1 N–H and O–H groups in total. The van der Waals surface area contributed by atoms with Gasteiger partial charge in [-0.25, -0.2) is 0 Å². The summed E-state index contributed by atoms with van der Waals surface area (Å²) < 4.78 is 0. The maximum absolute atomic E-state index is 12.3. The van der Waals surface area contributed by atoms with E-state index in [1.54, 1.807) is 36.3 Å². The minimum atomic E-state index is -0.00736. The van der Waals surface area contributed by atoms with E-state index in [1.165, 1.54) is 0 Å². The molecule has 0 spiro atoms. The van der Waals surface area contributed by atoms with Gasteiger partial charge in [0.05, 0.1) is 0 Å². The SMILES string of the molecule is O=C1CCSC(c2ccc(O)cc2)N1Cc1cccnc1. The maximum atomic E-state index is 12.3. The fourth-order valence-corrected chi connectivity index (χ4v) is 3.63. The van der Waals surface area contributed by atoms with Crippen LogP contribution in [0.1, 0.15) is 22.9 Å². The molecule has 1 fully saturated rings. The van der Waals surface area contributed by atoms with Crippen molar-refractivity contribution in [2.45, 2.75) is 18.3 Å². The number of hydrogen-bond acceptors (Lipinski definition) is 4. The summed E-state index contributed by atoms with van der Waals surface area (Å²) in [5.41, 5.74) is 2.06. The van der Waals surface area contributed by atoms with Crippen LogP contribution in [-0.2, 0) is 11.3 Å². The van der Waals surface area contributed by atoms with Gasteiger partial charge in [-0.15, -0.1) is 11.8 Å². The van der Waals surface area contributed by atoms with E-state index in [0.29, 0.717) is 13.0 Å². The second-order valence-corrected chi connectivity index (χ2v) is 6.14. The Bertz CT molecular complexity index is 616. The van der Waals surface area contributed by atoms with Gasteiger partial charge in [-0.1, -0.05) is 18.2 Å². The summed E-state index contributed by atoms with van der Waals surface area (Å²) in [4.78, 5) is 18.3. The standard InChI is InChI=1S/C16H16N2O2S/c19-14-5-3-13(4-6-14)16-18(15(20)7-9-21-16)11-12-2-1-8-17-10-12/h1-6,8,10,16,19H,7,9,11H2. The number of thioether (sulfide) groups is 1. The van der Waals surface area contributed by atoms with Crippen LogP contribution in [0.15, 0.2) is 48.8 Å². The topological polar surface area (TPSA) is 53.4 Å². The lowest BCUT2D eigenvalue weighted by atomic mass is 10.1. The Kier molecular flexibility index (Phi) is 4.10. The van der Waals surface area contributed by atoms with Crippen LogP contribution in [0, 0.1) is 0 Å². The van der Waals surface area contributed by atoms with E-state index in [4.69, 9.17) is 0 Å². The monoisotopic (exact) mass is 300 g/mol. The van der Waals surface area contributed by atoms with Crippen molar-refractivity contribution in [3.63, 3.8) is 0 Å². The van der Waals surface area contributed by atoms with Crippen LogP contribution in [0.4, 0.5) is 0 Å². The number of aromatic nitrogens is 1. The van der Waals surface area contributed by atoms with Crippen LogP contribution in [0.25, 0.3) is 0 Å². The highest BCUT2D eigenvalue weighted by molar-refractivity contribution is 7.99. The quantitative estimate of drug-likeness (QED) is 0.947. The first-order valence-corrected chi connectivity index (χ1v) is 7.88. The number of aromatic hydroxyl groups is 1. The number of nitrogens with zero attached hydrogens (tertiary/aromatic N) is 2. The van der Waals surface area contributed by atoms with Crippen molar-refractivity contribution in [3.05, 3.63) is 59.9 Å². The van der Waals surface area contributed by atoms with Crippen LogP contribution in [0.2, 0.25) is 0 Å². The van der Waals surface area contributed by atoms with Gasteiger partial charge < -0.3 is 10.0 Å². The number of benzene rings is 1. The number of amides is 1. The van der Waals surface area contributed by atoms with E-state index in [0.717, 1.165) is 16.9 Å². The van der Waals surface area contributed by atoms with Crippen molar-refractivity contribution in [2.24, 2.45) is 0 Å². The largest absolute Gasteiger partial charge is 0.508 e. The van der Waals surface area contributed by atoms with Crippen LogP contribution in [-0.4, -0.2) is 26.7 Å². The molecule has 0 radical (unpaired) electrons. The summed E-state index contributed by atoms with van der Waals surface area (Å²) in [6.07, 6.45) is 4.09. The fraction of sp³-hybridized carbons (Fsp3) is 0.250. The molecule has 2 aromatic rings. The molecule has 1 aliphatic rings. The van der Waals surface area contributed by atoms with Gasteiger partial charge in [-0.2, -0.15) is 0 Å². The van der Waals surface area contributed by atoms with E-state index in [2.05, 4.69) is 4.98 Å². The molecule has 0 bridgehead atoms. The Balaban J connectivity index is 1.86. The number of rotatable bonds is 3. The Hall–Kier alpha value is -2.01. The number of carbonyl (C=O) groups is 1. The zero-order chi connectivity index (χ0) is 14.7. The van der Waals surface area contributed by atoms with Crippen molar-refractivity contribution >= 4 is 17.7 Å². The Morgan fingerprint density at radius 3 is 2.81 bits per heavy atom. The minimum Gasteiger partial charge on any atom is -0.508 e. The highest BCUT2D eigenvalue weighted by Gasteiger charge is 2.29. The smallest absolute Gasteiger partial charge is 0.224 e. The van der Waals surface area contributed by atoms with Gasteiger partial charge in [-0.3, -0.25) is 9.78 Å². The van der Waals surface area contributed by atoms with Crippen LogP contribution in [0.3, 0.4) is 0 Å². The lowest BCUT2D eigenvalue weighted by molar-refractivity contribution is -0.132. The van der Waals surface area contributed by atoms with E-state index in [1.807, 2.05) is 29.2 Å². The van der Waals surface area contributed by atoms with E-state index >= 15 is 0 Å². The highest BCUT2D eigenvalue weighted by atomic mass is 32.2. The number of phenols is 1. The molecule has 1 unspecified atom stereocenters. The van der Waals surface area contributed by atoms with Crippen molar-refractivity contribution < 1.29 is 9.90 Å². The van der Waals surface area contributed by atoms with Gasteiger partial charge in [0.25, 0.3) is 0 Å². The van der Waals surface area contributed by atoms with E-state index < -0.39 is 0 Å². The van der Waals surface area contributed by atoms with Crippen molar-refractivity contribution in [1.82, 2.24) is 9.88 Å². The first-order chi connectivity index (χ1) is 10.2. The Morgan fingerprint density at radius 1 is 1.29 bits per heavy atom. The number of pyridine rings is 1. The lowest BCUT2D eigenvalue weighted by Crippen LogP contribution is -2.36. The van der Waals surface area contributed by atoms with E-state index in [-0.39, 0.29) is 17.0 Å². The maximum Gasteiger partial charge on any atom is 0.224 e. The molecule has 3 rings (SSSR count). The van der Waals surface area contributed by atoms with Gasteiger partial charge in [0.1, 0.15) is 11.1 Å². The lowest BCUT2D eigenvalue weighted by Gasteiger charge is -2.35. The molecule has 108 valence electrons. The van der Waals surface area contributed by atoms with Crippen molar-refractivity contribution in [1.29, 1.82) is 0 Å². The molecule has 0 aliphatic carbocycles. The van der Waals surface area contributed by atoms with Crippen molar-refractivity contribution in [3.8, 4) is 5.75 Å². The molecule has 4 nitrogen and oxygen atoms in total. The summed E-state index contributed by atoms with van der Waals surface area (Å²) in [6, 6.07) is 10.9. The molecule has 1 saturated heterocycles. The zero-order valence-corrected chi connectivity index (χ0v) is 12.3. The summed E-state index contributed by atoms with van der Waals surface area (Å²) >= 11 is 1.76.